The van der Waals surface area contributed by atoms with Crippen molar-refractivity contribution >= 4 is 5.91 Å². The second-order valence-corrected chi connectivity index (χ2v) is 10.8. The number of rotatable bonds is 10. The molecule has 6 nitrogen and oxygen atoms in total. The highest BCUT2D eigenvalue weighted by atomic mass is 19.4. The monoisotopic (exact) mass is 610 g/mol. The number of aromatic nitrogens is 2. The molecule has 0 saturated carbocycles. The van der Waals surface area contributed by atoms with Gasteiger partial charge in [-0.1, -0.05) is 48.5 Å². The van der Waals surface area contributed by atoms with E-state index in [1.54, 1.807) is 33.7 Å². The molecular formula is C33H31F5N4O2. The van der Waals surface area contributed by atoms with Gasteiger partial charge < -0.3 is 15.2 Å². The molecule has 2 N–H and O–H groups in total. The van der Waals surface area contributed by atoms with Crippen molar-refractivity contribution in [3.05, 3.63) is 122 Å². The minimum atomic E-state index is -4.41. The maximum atomic E-state index is 14.3. The molecule has 230 valence electrons. The fourth-order valence-corrected chi connectivity index (χ4v) is 5.58. The number of nitrogens with two attached hydrogens (primary N) is 1. The lowest BCUT2D eigenvalue weighted by molar-refractivity contribution is -0.137. The number of fused-ring (bicyclic) bond motifs is 1. The smallest absolute Gasteiger partial charge is 0.336 e. The molecule has 5 rings (SSSR count). The second kappa shape index (κ2) is 13.1. The zero-order valence-corrected chi connectivity index (χ0v) is 23.8. The number of benzene rings is 3. The van der Waals surface area contributed by atoms with E-state index in [1.807, 2.05) is 0 Å². The van der Waals surface area contributed by atoms with E-state index in [4.69, 9.17) is 5.73 Å². The van der Waals surface area contributed by atoms with Crippen molar-refractivity contribution in [2.24, 2.45) is 5.73 Å². The third-order valence-electron chi connectivity index (χ3n) is 7.88. The van der Waals surface area contributed by atoms with Crippen molar-refractivity contribution in [3.8, 4) is 11.1 Å². The molecule has 1 aliphatic carbocycles. The normalized spacial score (nSPS) is 12.8. The van der Waals surface area contributed by atoms with E-state index >= 15 is 0 Å². The Balaban J connectivity index is 1.34. The molecule has 0 saturated heterocycles. The summed E-state index contributed by atoms with van der Waals surface area (Å²) in [6.45, 7) is 0.615. The Kier molecular flexibility index (Phi) is 9.24. The number of halogens is 5. The molecule has 3 aromatic carbocycles. The number of aryl methyl sites for hydroxylation is 2. The first-order valence-corrected chi connectivity index (χ1v) is 14.3. The van der Waals surface area contributed by atoms with Crippen LogP contribution in [0.25, 0.3) is 11.1 Å². The van der Waals surface area contributed by atoms with Gasteiger partial charge in [0.2, 0.25) is 5.91 Å². The van der Waals surface area contributed by atoms with Gasteiger partial charge in [-0.05, 0) is 66.1 Å². The van der Waals surface area contributed by atoms with Crippen molar-refractivity contribution in [3.63, 3.8) is 0 Å². The molecule has 1 aromatic heterocycles. The first-order chi connectivity index (χ1) is 21.0. The highest BCUT2D eigenvalue weighted by Gasteiger charge is 2.30. The average Bonchev–Trinajstić information content (AvgIpc) is 3.50. The summed E-state index contributed by atoms with van der Waals surface area (Å²) in [6.07, 6.45) is -2.26. The molecule has 11 heteroatoms. The van der Waals surface area contributed by atoms with Crippen LogP contribution in [-0.2, 0) is 49.7 Å². The number of alkyl halides is 3. The predicted molar refractivity (Wildman–Crippen MR) is 156 cm³/mol. The molecule has 0 atom stereocenters. The van der Waals surface area contributed by atoms with E-state index in [2.05, 4.69) is 4.98 Å². The summed E-state index contributed by atoms with van der Waals surface area (Å²) in [7, 11) is 0. The summed E-state index contributed by atoms with van der Waals surface area (Å²) in [4.78, 5) is 32.3. The topological polar surface area (TPSA) is 81.2 Å². The minimum absolute atomic E-state index is 0.0970. The number of hydrogen-bond donors (Lipinski definition) is 1. The lowest BCUT2D eigenvalue weighted by Crippen LogP contribution is -2.38. The van der Waals surface area contributed by atoms with Gasteiger partial charge in [0.05, 0.1) is 5.56 Å². The molecule has 0 unspecified atom stereocenters. The Bertz CT molecular complexity index is 1700. The van der Waals surface area contributed by atoms with Crippen molar-refractivity contribution in [2.45, 2.75) is 51.4 Å². The molecule has 4 aromatic rings. The first-order valence-electron chi connectivity index (χ1n) is 14.3. The van der Waals surface area contributed by atoms with Crippen LogP contribution >= 0.6 is 0 Å². The second-order valence-electron chi connectivity index (χ2n) is 10.8. The van der Waals surface area contributed by atoms with Gasteiger partial charge in [0.25, 0.3) is 5.56 Å². The third kappa shape index (κ3) is 6.88. The summed E-state index contributed by atoms with van der Waals surface area (Å²) in [5.74, 6) is -1.82. The van der Waals surface area contributed by atoms with E-state index in [0.29, 0.717) is 29.8 Å². The van der Waals surface area contributed by atoms with Crippen molar-refractivity contribution in [1.29, 1.82) is 0 Å². The lowest BCUT2D eigenvalue weighted by Gasteiger charge is -2.25. The highest BCUT2D eigenvalue weighted by molar-refractivity contribution is 5.76. The van der Waals surface area contributed by atoms with Crippen molar-refractivity contribution < 1.29 is 26.7 Å². The summed E-state index contributed by atoms with van der Waals surface area (Å²) < 4.78 is 68.6. The van der Waals surface area contributed by atoms with Gasteiger partial charge in [-0.2, -0.15) is 18.2 Å². The minimum Gasteiger partial charge on any atom is -0.336 e. The zero-order chi connectivity index (χ0) is 31.4. The Hall–Kier alpha value is -4.38. The van der Waals surface area contributed by atoms with E-state index in [9.17, 15) is 31.5 Å². The van der Waals surface area contributed by atoms with Crippen LogP contribution in [0.2, 0.25) is 0 Å². The highest BCUT2D eigenvalue weighted by Crippen LogP contribution is 2.31. The Labute approximate surface area is 251 Å². The number of nitrogens with zero attached hydrogens (tertiary/aromatic N) is 3. The maximum Gasteiger partial charge on any atom is 0.416 e. The predicted octanol–water partition coefficient (Wildman–Crippen LogP) is 5.47. The largest absolute Gasteiger partial charge is 0.416 e. The number of carbonyl (C=O) groups is 1. The fourth-order valence-electron chi connectivity index (χ4n) is 5.58. The molecule has 0 radical (unpaired) electrons. The van der Waals surface area contributed by atoms with Gasteiger partial charge in [0.15, 0.2) is 11.6 Å². The fraction of sp³-hybridized carbons (Fsp3) is 0.303. The number of amides is 1. The molecule has 1 heterocycles. The van der Waals surface area contributed by atoms with Crippen molar-refractivity contribution in [2.75, 3.05) is 13.1 Å². The summed E-state index contributed by atoms with van der Waals surface area (Å²) in [6, 6.07) is 16.0. The zero-order valence-electron chi connectivity index (χ0n) is 23.8. The molecule has 0 spiro atoms. The van der Waals surface area contributed by atoms with E-state index < -0.39 is 23.4 Å². The van der Waals surface area contributed by atoms with Gasteiger partial charge in [0.1, 0.15) is 12.4 Å². The molecule has 44 heavy (non-hydrogen) atoms. The van der Waals surface area contributed by atoms with E-state index in [0.717, 1.165) is 41.4 Å². The maximum absolute atomic E-state index is 14.3. The first kappa shape index (κ1) is 31.1. The molecule has 1 amide bonds. The molecular weight excluding hydrogens is 579 g/mol. The van der Waals surface area contributed by atoms with Gasteiger partial charge >= 0.3 is 6.18 Å². The average molecular weight is 611 g/mol. The standard InChI is InChI=1S/C33H31F5N4O2/c34-27-5-1-3-24(31(27)35)13-16-29-40-32(44)26-4-2-6-28(26)42(29)20-30(43)41(18-17-39)19-21-7-9-22(10-8-21)23-11-14-25(15-12-23)33(36,37)38/h1,3,5,7-12,14-15H,2,4,6,13,16-20,39H2. The van der Waals surface area contributed by atoms with Gasteiger partial charge in [-0.3, -0.25) is 9.59 Å². The van der Waals surface area contributed by atoms with E-state index in [-0.39, 0.29) is 56.1 Å². The van der Waals surface area contributed by atoms with Gasteiger partial charge in [0, 0.05) is 37.3 Å². The van der Waals surface area contributed by atoms with E-state index in [1.165, 1.54) is 24.3 Å². The summed E-state index contributed by atoms with van der Waals surface area (Å²) in [5, 5.41) is 0. The molecule has 1 aliphatic rings. The Morgan fingerprint density at radius 3 is 2.27 bits per heavy atom. The van der Waals surface area contributed by atoms with Crippen LogP contribution in [0, 0.1) is 11.6 Å². The van der Waals surface area contributed by atoms with Crippen LogP contribution in [0.5, 0.6) is 0 Å². The van der Waals surface area contributed by atoms with Crippen LogP contribution < -0.4 is 11.3 Å². The molecule has 0 fully saturated rings. The van der Waals surface area contributed by atoms with Gasteiger partial charge in [-0.25, -0.2) is 8.78 Å². The molecule has 0 aliphatic heterocycles. The SMILES string of the molecule is NCCN(Cc1ccc(-c2ccc(C(F)(F)F)cc2)cc1)C(=O)Cn1c(CCc2cccc(F)c2F)nc(=O)c2c1CCC2. The van der Waals surface area contributed by atoms with Crippen LogP contribution in [0.1, 0.15) is 40.2 Å². The lowest BCUT2D eigenvalue weighted by atomic mass is 10.0. The van der Waals surface area contributed by atoms with Crippen LogP contribution in [0.3, 0.4) is 0 Å². The number of carbonyl (C=O) groups excluding carboxylic acids is 1. The molecule has 0 bridgehead atoms. The summed E-state index contributed by atoms with van der Waals surface area (Å²) in [5.41, 5.74) is 8.38. The Morgan fingerprint density at radius 2 is 1.61 bits per heavy atom. The number of hydrogen-bond acceptors (Lipinski definition) is 4. The van der Waals surface area contributed by atoms with Crippen LogP contribution in [-0.4, -0.2) is 33.4 Å². The van der Waals surface area contributed by atoms with Crippen LogP contribution in [0.4, 0.5) is 22.0 Å². The van der Waals surface area contributed by atoms with Crippen LogP contribution in [0.15, 0.2) is 71.5 Å². The quantitative estimate of drug-likeness (QED) is 0.242. The van der Waals surface area contributed by atoms with Crippen molar-refractivity contribution in [1.82, 2.24) is 14.5 Å². The summed E-state index contributed by atoms with van der Waals surface area (Å²) >= 11 is 0. The van der Waals surface area contributed by atoms with Gasteiger partial charge in [-0.15, -0.1) is 0 Å². The Morgan fingerprint density at radius 1 is 0.932 bits per heavy atom. The third-order valence-corrected chi connectivity index (χ3v) is 7.88.